The average molecular weight is 407 g/mol. The Morgan fingerprint density at radius 2 is 1.89 bits per heavy atom. The van der Waals surface area contributed by atoms with E-state index in [9.17, 15) is 13.2 Å². The van der Waals surface area contributed by atoms with Gasteiger partial charge in [-0.05, 0) is 49.7 Å². The van der Waals surface area contributed by atoms with Crippen LogP contribution in [0.4, 0.5) is 0 Å². The molecular weight excluding hydrogens is 380 g/mol. The zero-order chi connectivity index (χ0) is 20.7. The molecule has 0 saturated carbocycles. The molecule has 0 aromatic heterocycles. The van der Waals surface area contributed by atoms with Crippen molar-refractivity contribution < 1.29 is 22.7 Å². The van der Waals surface area contributed by atoms with Gasteiger partial charge in [0.15, 0.2) is 0 Å². The summed E-state index contributed by atoms with van der Waals surface area (Å²) in [6.07, 6.45) is 0. The fourth-order valence-electron chi connectivity index (χ4n) is 2.70. The molecule has 0 saturated heterocycles. The van der Waals surface area contributed by atoms with E-state index in [0.29, 0.717) is 24.7 Å². The molecule has 7 nitrogen and oxygen atoms in total. The highest BCUT2D eigenvalue weighted by atomic mass is 32.2. The topological polar surface area (TPSA) is 84.9 Å². The molecular formula is C20H26N2O5S. The van der Waals surface area contributed by atoms with Crippen LogP contribution in [-0.2, 0) is 16.6 Å². The largest absolute Gasteiger partial charge is 0.496 e. The van der Waals surface area contributed by atoms with Crippen LogP contribution in [0.5, 0.6) is 11.5 Å². The quantitative estimate of drug-likeness (QED) is 0.692. The lowest BCUT2D eigenvalue weighted by Crippen LogP contribution is -2.27. The Hall–Kier alpha value is -2.58. The van der Waals surface area contributed by atoms with Gasteiger partial charge in [-0.3, -0.25) is 4.79 Å². The second kappa shape index (κ2) is 9.57. The number of benzene rings is 2. The van der Waals surface area contributed by atoms with E-state index < -0.39 is 10.0 Å². The van der Waals surface area contributed by atoms with Crippen LogP contribution in [-0.4, -0.2) is 45.9 Å². The fourth-order valence-corrected chi connectivity index (χ4v) is 3.89. The lowest BCUT2D eigenvalue weighted by molar-refractivity contribution is 0.0952. The van der Waals surface area contributed by atoms with Crippen LogP contribution in [0.15, 0.2) is 47.4 Å². The molecule has 2 aromatic rings. The molecule has 0 heterocycles. The van der Waals surface area contributed by atoms with Gasteiger partial charge in [0.05, 0.1) is 24.2 Å². The predicted molar refractivity (Wildman–Crippen MR) is 107 cm³/mol. The first-order chi connectivity index (χ1) is 13.3. The van der Waals surface area contributed by atoms with Gasteiger partial charge in [-0.15, -0.1) is 0 Å². The van der Waals surface area contributed by atoms with Crippen molar-refractivity contribution in [1.82, 2.24) is 9.62 Å². The van der Waals surface area contributed by atoms with Crippen molar-refractivity contribution in [3.63, 3.8) is 0 Å². The van der Waals surface area contributed by atoms with Gasteiger partial charge in [0.25, 0.3) is 5.91 Å². The minimum atomic E-state index is -3.80. The summed E-state index contributed by atoms with van der Waals surface area (Å²) in [5.41, 5.74) is 0.978. The Morgan fingerprint density at radius 1 is 1.14 bits per heavy atom. The van der Waals surface area contributed by atoms with E-state index in [-0.39, 0.29) is 22.9 Å². The van der Waals surface area contributed by atoms with E-state index >= 15 is 0 Å². The third-order valence-electron chi connectivity index (χ3n) is 4.08. The summed E-state index contributed by atoms with van der Waals surface area (Å²) in [4.78, 5) is 12.3. The molecule has 152 valence electrons. The smallest absolute Gasteiger partial charge is 0.255 e. The Kier molecular flexibility index (Phi) is 7.42. The Labute approximate surface area is 166 Å². The van der Waals surface area contributed by atoms with Gasteiger partial charge in [0.1, 0.15) is 11.5 Å². The Bertz CT molecular complexity index is 928. The van der Waals surface area contributed by atoms with Crippen molar-refractivity contribution in [2.24, 2.45) is 0 Å². The number of methoxy groups -OCH3 is 1. The van der Waals surface area contributed by atoms with E-state index in [1.54, 1.807) is 6.92 Å². The molecule has 0 unspecified atom stereocenters. The van der Waals surface area contributed by atoms with Gasteiger partial charge >= 0.3 is 0 Å². The SMILES string of the molecule is CCNC(=O)c1cc(S(=O)(=O)N(C)Cc2cccc(OCC)c2)ccc1OC. The van der Waals surface area contributed by atoms with Crippen molar-refractivity contribution in [2.45, 2.75) is 25.3 Å². The van der Waals surface area contributed by atoms with Crippen molar-refractivity contribution >= 4 is 15.9 Å². The summed E-state index contributed by atoms with van der Waals surface area (Å²) in [5.74, 6) is 0.620. The molecule has 0 bridgehead atoms. The molecule has 2 rings (SSSR count). The molecule has 2 aromatic carbocycles. The van der Waals surface area contributed by atoms with Crippen molar-refractivity contribution in [1.29, 1.82) is 0 Å². The number of ether oxygens (including phenoxy) is 2. The molecule has 0 aliphatic heterocycles. The summed E-state index contributed by atoms with van der Waals surface area (Å²) in [5, 5.41) is 2.66. The lowest BCUT2D eigenvalue weighted by Gasteiger charge is -2.19. The van der Waals surface area contributed by atoms with Crippen LogP contribution in [0.1, 0.15) is 29.8 Å². The molecule has 0 fully saturated rings. The number of nitrogens with one attached hydrogen (secondary N) is 1. The number of carbonyl (C=O) groups is 1. The highest BCUT2D eigenvalue weighted by Crippen LogP contribution is 2.25. The van der Waals surface area contributed by atoms with E-state index in [2.05, 4.69) is 5.32 Å². The van der Waals surface area contributed by atoms with Crippen LogP contribution in [0.25, 0.3) is 0 Å². The minimum Gasteiger partial charge on any atom is -0.496 e. The Balaban J connectivity index is 2.31. The van der Waals surface area contributed by atoms with E-state index in [0.717, 1.165) is 5.56 Å². The first-order valence-corrected chi connectivity index (χ1v) is 10.4. The van der Waals surface area contributed by atoms with E-state index in [1.807, 2.05) is 31.2 Å². The average Bonchev–Trinajstić information content (AvgIpc) is 2.68. The van der Waals surface area contributed by atoms with Gasteiger partial charge in [-0.2, -0.15) is 4.31 Å². The second-order valence-electron chi connectivity index (χ2n) is 6.06. The molecule has 0 radical (unpaired) electrons. The minimum absolute atomic E-state index is 0.0259. The maximum absolute atomic E-state index is 13.0. The summed E-state index contributed by atoms with van der Waals surface area (Å²) in [7, 11) is -0.868. The molecule has 1 amide bonds. The van der Waals surface area contributed by atoms with Crippen molar-refractivity contribution in [3.8, 4) is 11.5 Å². The Morgan fingerprint density at radius 3 is 2.54 bits per heavy atom. The monoisotopic (exact) mass is 406 g/mol. The summed E-state index contributed by atoms with van der Waals surface area (Å²) in [6, 6.07) is 11.6. The number of sulfonamides is 1. The number of hydrogen-bond donors (Lipinski definition) is 1. The standard InChI is InChI=1S/C20H26N2O5S/c1-5-21-20(23)18-13-17(10-11-19(18)26-4)28(24,25)22(3)14-15-8-7-9-16(12-15)27-6-2/h7-13H,5-6,14H2,1-4H3,(H,21,23). The zero-order valence-electron chi connectivity index (χ0n) is 16.6. The zero-order valence-corrected chi connectivity index (χ0v) is 17.4. The number of rotatable bonds is 9. The number of nitrogens with zero attached hydrogens (tertiary/aromatic N) is 1. The second-order valence-corrected chi connectivity index (χ2v) is 8.11. The van der Waals surface area contributed by atoms with E-state index in [4.69, 9.17) is 9.47 Å². The number of amides is 1. The first kappa shape index (κ1) is 21.7. The van der Waals surface area contributed by atoms with Gasteiger partial charge in [-0.1, -0.05) is 12.1 Å². The van der Waals surface area contributed by atoms with Crippen LogP contribution in [0, 0.1) is 0 Å². The predicted octanol–water partition coefficient (Wildman–Crippen LogP) is 2.66. The first-order valence-electron chi connectivity index (χ1n) is 8.97. The third-order valence-corrected chi connectivity index (χ3v) is 5.88. The molecule has 1 N–H and O–H groups in total. The fraction of sp³-hybridized carbons (Fsp3) is 0.350. The molecule has 0 spiro atoms. The molecule has 0 aliphatic carbocycles. The van der Waals surface area contributed by atoms with Crippen LogP contribution >= 0.6 is 0 Å². The van der Waals surface area contributed by atoms with Crippen LogP contribution in [0.2, 0.25) is 0 Å². The molecule has 8 heteroatoms. The summed E-state index contributed by atoms with van der Waals surface area (Å²) in [6.45, 7) is 4.81. The van der Waals surface area contributed by atoms with Gasteiger partial charge in [0, 0.05) is 20.1 Å². The van der Waals surface area contributed by atoms with Crippen molar-refractivity contribution in [2.75, 3.05) is 27.3 Å². The highest BCUT2D eigenvalue weighted by Gasteiger charge is 2.24. The van der Waals surface area contributed by atoms with E-state index in [1.165, 1.54) is 36.7 Å². The summed E-state index contributed by atoms with van der Waals surface area (Å²) >= 11 is 0. The molecule has 0 aliphatic rings. The third kappa shape index (κ3) is 5.02. The maximum atomic E-state index is 13.0. The maximum Gasteiger partial charge on any atom is 0.255 e. The van der Waals surface area contributed by atoms with Crippen LogP contribution < -0.4 is 14.8 Å². The number of hydrogen-bond acceptors (Lipinski definition) is 5. The van der Waals surface area contributed by atoms with Crippen molar-refractivity contribution in [3.05, 3.63) is 53.6 Å². The van der Waals surface area contributed by atoms with Gasteiger partial charge in [-0.25, -0.2) is 8.42 Å². The molecule has 0 atom stereocenters. The van der Waals surface area contributed by atoms with Gasteiger partial charge in [0.2, 0.25) is 10.0 Å². The summed E-state index contributed by atoms with van der Waals surface area (Å²) < 4.78 is 37.9. The number of carbonyl (C=O) groups excluding carboxylic acids is 1. The van der Waals surface area contributed by atoms with Crippen LogP contribution in [0.3, 0.4) is 0 Å². The molecule has 28 heavy (non-hydrogen) atoms. The normalized spacial score (nSPS) is 11.3. The lowest BCUT2D eigenvalue weighted by atomic mass is 10.2. The van der Waals surface area contributed by atoms with Gasteiger partial charge < -0.3 is 14.8 Å². The highest BCUT2D eigenvalue weighted by molar-refractivity contribution is 7.89.